The average Bonchev–Trinajstić information content (AvgIpc) is 2.37. The van der Waals surface area contributed by atoms with Crippen LogP contribution in [0, 0.1) is 0 Å². The summed E-state index contributed by atoms with van der Waals surface area (Å²) in [6, 6.07) is 2.88. The molecule has 0 aromatic carbocycles. The molecule has 1 rings (SSSR count). The highest BCUT2D eigenvalue weighted by Gasteiger charge is 2.30. The second kappa shape index (κ2) is 6.75. The van der Waals surface area contributed by atoms with Crippen LogP contribution in [0.5, 0.6) is 0 Å². The number of hydrogen-bond donors (Lipinski definition) is 1. The third-order valence-corrected chi connectivity index (χ3v) is 3.20. The lowest BCUT2D eigenvalue weighted by Gasteiger charge is -2.23. The van der Waals surface area contributed by atoms with E-state index in [1.807, 2.05) is 7.05 Å². The molecule has 1 unspecified atom stereocenters. The second-order valence-electron chi connectivity index (χ2n) is 4.59. The largest absolute Gasteiger partial charge is 0.417 e. The molecule has 1 N–H and O–H groups in total. The molecule has 0 aliphatic heterocycles. The zero-order valence-corrected chi connectivity index (χ0v) is 11.5. The van der Waals surface area contributed by atoms with E-state index in [2.05, 4.69) is 29.0 Å². The van der Waals surface area contributed by atoms with Gasteiger partial charge in [0.05, 0.1) is 5.56 Å². The van der Waals surface area contributed by atoms with Gasteiger partial charge < -0.3 is 10.2 Å². The molecule has 6 heteroatoms. The molecule has 0 aliphatic carbocycles. The van der Waals surface area contributed by atoms with Gasteiger partial charge in [-0.3, -0.25) is 0 Å². The number of halogens is 3. The molecule has 19 heavy (non-hydrogen) atoms. The van der Waals surface area contributed by atoms with Crippen LogP contribution in [-0.2, 0) is 6.18 Å². The van der Waals surface area contributed by atoms with E-state index in [0.29, 0.717) is 18.4 Å². The summed E-state index contributed by atoms with van der Waals surface area (Å²) in [6.07, 6.45) is -2.42. The quantitative estimate of drug-likeness (QED) is 0.864. The van der Waals surface area contributed by atoms with Crippen molar-refractivity contribution >= 4 is 5.82 Å². The molecule has 0 spiro atoms. The predicted molar refractivity (Wildman–Crippen MR) is 70.1 cm³/mol. The first-order valence-corrected chi connectivity index (χ1v) is 6.32. The van der Waals surface area contributed by atoms with Gasteiger partial charge in [-0.05, 0) is 32.5 Å². The van der Waals surface area contributed by atoms with Crippen molar-refractivity contribution in [2.75, 3.05) is 25.5 Å². The molecule has 0 amide bonds. The van der Waals surface area contributed by atoms with E-state index in [1.165, 1.54) is 6.07 Å². The molecule has 1 aromatic rings. The summed E-state index contributed by atoms with van der Waals surface area (Å²) in [4.78, 5) is 5.95. The van der Waals surface area contributed by atoms with E-state index >= 15 is 0 Å². The number of hydrogen-bond acceptors (Lipinski definition) is 3. The Balaban J connectivity index is 2.42. The number of anilines is 1. The zero-order chi connectivity index (χ0) is 14.5. The lowest BCUT2D eigenvalue weighted by atomic mass is 10.2. The number of nitrogens with zero attached hydrogens (tertiary/aromatic N) is 2. The van der Waals surface area contributed by atoms with E-state index < -0.39 is 11.7 Å². The van der Waals surface area contributed by atoms with Gasteiger partial charge in [-0.1, -0.05) is 6.92 Å². The fraction of sp³-hybridized carbons (Fsp3) is 0.615. The molecule has 3 nitrogen and oxygen atoms in total. The van der Waals surface area contributed by atoms with Crippen LogP contribution < -0.4 is 5.32 Å². The number of alkyl halides is 3. The Morgan fingerprint density at radius 3 is 2.53 bits per heavy atom. The second-order valence-corrected chi connectivity index (χ2v) is 4.59. The first-order chi connectivity index (χ1) is 8.84. The van der Waals surface area contributed by atoms with Crippen molar-refractivity contribution in [2.45, 2.75) is 32.5 Å². The molecule has 0 aliphatic rings. The minimum atomic E-state index is -4.33. The highest BCUT2D eigenvalue weighted by molar-refractivity contribution is 5.36. The SMILES string of the molecule is CCC(C)N(C)CCNc1ccc(C(F)(F)F)cn1. The molecule has 108 valence electrons. The van der Waals surface area contributed by atoms with Gasteiger partial charge >= 0.3 is 6.18 Å². The van der Waals surface area contributed by atoms with E-state index in [0.717, 1.165) is 25.2 Å². The number of likely N-dealkylation sites (N-methyl/N-ethyl adjacent to an activating group) is 1. The molecule has 0 fully saturated rings. The monoisotopic (exact) mass is 275 g/mol. The van der Waals surface area contributed by atoms with Crippen molar-refractivity contribution < 1.29 is 13.2 Å². The first-order valence-electron chi connectivity index (χ1n) is 6.32. The fourth-order valence-corrected chi connectivity index (χ4v) is 1.56. The van der Waals surface area contributed by atoms with Crippen LogP contribution in [0.2, 0.25) is 0 Å². The number of aromatic nitrogens is 1. The van der Waals surface area contributed by atoms with Crippen LogP contribution in [0.1, 0.15) is 25.8 Å². The summed E-state index contributed by atoms with van der Waals surface area (Å²) < 4.78 is 37.0. The van der Waals surface area contributed by atoms with Gasteiger partial charge in [0.15, 0.2) is 0 Å². The lowest BCUT2D eigenvalue weighted by molar-refractivity contribution is -0.137. The van der Waals surface area contributed by atoms with Gasteiger partial charge in [0.25, 0.3) is 0 Å². The Bertz CT molecular complexity index is 376. The first kappa shape index (κ1) is 15.8. The maximum absolute atomic E-state index is 12.3. The van der Waals surface area contributed by atoms with Crippen LogP contribution >= 0.6 is 0 Å². The van der Waals surface area contributed by atoms with E-state index in [4.69, 9.17) is 0 Å². The van der Waals surface area contributed by atoms with Gasteiger partial charge in [-0.2, -0.15) is 13.2 Å². The summed E-state index contributed by atoms with van der Waals surface area (Å²) in [5.41, 5.74) is -0.727. The summed E-state index contributed by atoms with van der Waals surface area (Å²) in [5, 5.41) is 3.01. The Hall–Kier alpha value is -1.30. The van der Waals surface area contributed by atoms with Crippen LogP contribution in [0.3, 0.4) is 0 Å². The number of rotatable bonds is 6. The normalized spacial score (nSPS) is 13.6. The van der Waals surface area contributed by atoms with E-state index in [9.17, 15) is 13.2 Å². The minimum absolute atomic E-state index is 0.463. The highest BCUT2D eigenvalue weighted by Crippen LogP contribution is 2.28. The Kier molecular flexibility index (Phi) is 5.60. The molecule has 1 aromatic heterocycles. The van der Waals surface area contributed by atoms with Gasteiger partial charge in [0, 0.05) is 25.3 Å². The molecule has 1 atom stereocenters. The maximum Gasteiger partial charge on any atom is 0.417 e. The van der Waals surface area contributed by atoms with Crippen molar-refractivity contribution in [2.24, 2.45) is 0 Å². The number of nitrogens with one attached hydrogen (secondary N) is 1. The summed E-state index contributed by atoms with van der Waals surface area (Å²) in [5.74, 6) is 0.463. The molecule has 0 radical (unpaired) electrons. The van der Waals surface area contributed by atoms with Crippen LogP contribution in [0.25, 0.3) is 0 Å². The topological polar surface area (TPSA) is 28.2 Å². The molecule has 0 bridgehead atoms. The predicted octanol–water partition coefficient (Wildman–Crippen LogP) is 3.24. The summed E-state index contributed by atoms with van der Waals surface area (Å²) >= 11 is 0. The Morgan fingerprint density at radius 1 is 1.37 bits per heavy atom. The van der Waals surface area contributed by atoms with Crippen molar-refractivity contribution in [3.8, 4) is 0 Å². The highest BCUT2D eigenvalue weighted by atomic mass is 19.4. The number of pyridine rings is 1. The third kappa shape index (κ3) is 5.06. The van der Waals surface area contributed by atoms with Crippen LogP contribution in [0.15, 0.2) is 18.3 Å². The van der Waals surface area contributed by atoms with Gasteiger partial charge in [-0.15, -0.1) is 0 Å². The summed E-state index contributed by atoms with van der Waals surface area (Å²) in [7, 11) is 2.02. The molecule has 1 heterocycles. The molecular formula is C13H20F3N3. The van der Waals surface area contributed by atoms with Gasteiger partial charge in [0.2, 0.25) is 0 Å². The third-order valence-electron chi connectivity index (χ3n) is 3.20. The van der Waals surface area contributed by atoms with Crippen molar-refractivity contribution in [3.05, 3.63) is 23.9 Å². The maximum atomic E-state index is 12.3. The summed E-state index contributed by atoms with van der Waals surface area (Å²) in [6.45, 7) is 5.72. The minimum Gasteiger partial charge on any atom is -0.369 e. The molecular weight excluding hydrogens is 255 g/mol. The van der Waals surface area contributed by atoms with Crippen LogP contribution in [0.4, 0.5) is 19.0 Å². The lowest BCUT2D eigenvalue weighted by Crippen LogP contribution is -2.32. The average molecular weight is 275 g/mol. The Labute approximate surface area is 111 Å². The van der Waals surface area contributed by atoms with E-state index in [1.54, 1.807) is 0 Å². The molecule has 0 saturated carbocycles. The smallest absolute Gasteiger partial charge is 0.369 e. The van der Waals surface area contributed by atoms with Crippen LogP contribution in [-0.4, -0.2) is 36.1 Å². The van der Waals surface area contributed by atoms with E-state index in [-0.39, 0.29) is 0 Å². The van der Waals surface area contributed by atoms with Gasteiger partial charge in [-0.25, -0.2) is 4.98 Å². The van der Waals surface area contributed by atoms with Crippen molar-refractivity contribution in [1.82, 2.24) is 9.88 Å². The zero-order valence-electron chi connectivity index (χ0n) is 11.5. The van der Waals surface area contributed by atoms with Gasteiger partial charge in [0.1, 0.15) is 5.82 Å². The fourth-order valence-electron chi connectivity index (χ4n) is 1.56. The van der Waals surface area contributed by atoms with Crippen molar-refractivity contribution in [1.29, 1.82) is 0 Å². The molecule has 0 saturated heterocycles. The van der Waals surface area contributed by atoms with Crippen molar-refractivity contribution in [3.63, 3.8) is 0 Å². The Morgan fingerprint density at radius 2 is 2.05 bits per heavy atom. The standard InChI is InChI=1S/C13H20F3N3/c1-4-10(2)19(3)8-7-17-12-6-5-11(9-18-12)13(14,15)16/h5-6,9-10H,4,7-8H2,1-3H3,(H,17,18).